The van der Waals surface area contributed by atoms with Gasteiger partial charge in [-0.3, -0.25) is 23.8 Å². The van der Waals surface area contributed by atoms with Gasteiger partial charge in [-0.2, -0.15) is 10.2 Å². The molecule has 5 heterocycles. The first-order valence-corrected chi connectivity index (χ1v) is 13.9. The van der Waals surface area contributed by atoms with E-state index in [2.05, 4.69) is 25.5 Å². The summed E-state index contributed by atoms with van der Waals surface area (Å²) in [6.45, 7) is 1.83. The van der Waals surface area contributed by atoms with Crippen LogP contribution in [-0.4, -0.2) is 58.1 Å². The highest BCUT2D eigenvalue weighted by Crippen LogP contribution is 2.35. The molecular weight excluding hydrogens is 559 g/mol. The topological polar surface area (TPSA) is 153 Å². The maximum absolute atomic E-state index is 13.7. The third kappa shape index (κ3) is 4.99. The Hall–Kier alpha value is -4.33. The van der Waals surface area contributed by atoms with E-state index in [9.17, 15) is 19.8 Å². The molecule has 0 fully saturated rings. The summed E-state index contributed by atoms with van der Waals surface area (Å²) >= 11 is 6.37. The van der Waals surface area contributed by atoms with Crippen LogP contribution in [0.4, 0.5) is 5.69 Å². The number of aryl methyl sites for hydroxylation is 1. The lowest BCUT2D eigenvalue weighted by Crippen LogP contribution is -2.35. The number of anilines is 1. The molecule has 4 aromatic heterocycles. The summed E-state index contributed by atoms with van der Waals surface area (Å²) in [5, 5.41) is 33.5. The van der Waals surface area contributed by atoms with E-state index in [1.165, 1.54) is 31.0 Å². The predicted octanol–water partition coefficient (Wildman–Crippen LogP) is 2.24. The first-order valence-electron chi connectivity index (χ1n) is 13.5. The number of rotatable bonds is 3. The highest BCUT2D eigenvalue weighted by atomic mass is 35.5. The third-order valence-electron chi connectivity index (χ3n) is 7.63. The molecule has 2 bridgehead atoms. The summed E-state index contributed by atoms with van der Waals surface area (Å²) in [5.74, 6) is -2.89. The number of hydrogen-bond acceptors (Lipinski definition) is 8. The minimum Gasteiger partial charge on any atom is -0.356 e. The van der Waals surface area contributed by atoms with Crippen molar-refractivity contribution in [3.63, 3.8) is 0 Å². The molecule has 1 aliphatic heterocycles. The molecule has 1 aliphatic rings. The molecule has 2 unspecified atom stereocenters. The van der Waals surface area contributed by atoms with Crippen molar-refractivity contribution in [1.29, 1.82) is 0 Å². The Morgan fingerprint density at radius 1 is 1.10 bits per heavy atom. The number of fused-ring (bicyclic) bond motifs is 5. The summed E-state index contributed by atoms with van der Waals surface area (Å²) in [4.78, 5) is 35.9. The van der Waals surface area contributed by atoms with Gasteiger partial charge in [0.2, 0.25) is 19.6 Å². The lowest BCUT2D eigenvalue weighted by Gasteiger charge is -2.24. The van der Waals surface area contributed by atoms with Gasteiger partial charge < -0.3 is 15.5 Å². The molecule has 2 atom stereocenters. The summed E-state index contributed by atoms with van der Waals surface area (Å²) in [6, 6.07) is 8.01. The van der Waals surface area contributed by atoms with Crippen molar-refractivity contribution in [2.24, 2.45) is 13.0 Å². The van der Waals surface area contributed by atoms with Crippen molar-refractivity contribution < 1.29 is 15.0 Å². The van der Waals surface area contributed by atoms with Crippen LogP contribution in [-0.2, 0) is 17.7 Å². The van der Waals surface area contributed by atoms with Crippen LogP contribution < -0.4 is 10.9 Å². The number of hydrogen-bond donors (Lipinski definition) is 3. The largest absolute Gasteiger partial charge is 0.356 e. The summed E-state index contributed by atoms with van der Waals surface area (Å²) in [5.41, 5.74) is 3.43. The molecule has 1 aromatic carbocycles. The Morgan fingerprint density at radius 2 is 1.90 bits per heavy atom. The number of aromatic nitrogens is 7. The maximum Gasteiger partial charge on any atom is 0.254 e. The number of carbonyl (C=O) groups excluding carboxylic acids is 1. The van der Waals surface area contributed by atoms with Gasteiger partial charge in [0.1, 0.15) is 0 Å². The minimum atomic E-state index is -2.33. The van der Waals surface area contributed by atoms with E-state index in [4.69, 9.17) is 11.6 Å². The Bertz CT molecular complexity index is 1890. The molecule has 6 rings (SSSR count). The lowest BCUT2D eigenvalue weighted by atomic mass is 9.96. The number of nitrogens with one attached hydrogen (secondary N) is 1. The molecule has 214 valence electrons. The van der Waals surface area contributed by atoms with E-state index in [0.29, 0.717) is 58.2 Å². The number of aliphatic hydroxyl groups is 2. The van der Waals surface area contributed by atoms with E-state index in [0.717, 1.165) is 15.6 Å². The maximum atomic E-state index is 13.7. The molecule has 0 spiro atoms. The molecule has 5 aromatic rings. The highest BCUT2D eigenvalue weighted by Gasteiger charge is 2.29. The Morgan fingerprint density at radius 3 is 2.67 bits per heavy atom. The smallest absolute Gasteiger partial charge is 0.254 e. The number of nitrogens with zero attached hydrogens (tertiary/aromatic N) is 7. The van der Waals surface area contributed by atoms with Gasteiger partial charge in [-0.25, -0.2) is 9.67 Å². The average molecular weight is 587 g/mol. The van der Waals surface area contributed by atoms with E-state index in [1.807, 2.05) is 20.0 Å². The number of benzene rings is 1. The second-order valence-corrected chi connectivity index (χ2v) is 11.2. The van der Waals surface area contributed by atoms with Crippen LogP contribution in [0.5, 0.6) is 0 Å². The van der Waals surface area contributed by atoms with E-state index >= 15 is 0 Å². The average Bonchev–Trinajstić information content (AvgIpc) is 3.54. The zero-order valence-corrected chi connectivity index (χ0v) is 23.9. The molecule has 42 heavy (non-hydrogen) atoms. The number of halogens is 1. The van der Waals surface area contributed by atoms with E-state index in [-0.39, 0.29) is 17.4 Å². The minimum absolute atomic E-state index is 0.217. The van der Waals surface area contributed by atoms with Crippen molar-refractivity contribution in [2.45, 2.75) is 38.0 Å². The van der Waals surface area contributed by atoms with E-state index in [1.54, 1.807) is 35.3 Å². The van der Waals surface area contributed by atoms with Gasteiger partial charge in [0.15, 0.2) is 0 Å². The lowest BCUT2D eigenvalue weighted by molar-refractivity contribution is -0.158. The molecule has 12 nitrogen and oxygen atoms in total. The second kappa shape index (κ2) is 10.5. The van der Waals surface area contributed by atoms with Gasteiger partial charge in [-0.15, -0.1) is 0 Å². The molecule has 0 radical (unpaired) electrons. The SMILES string of the molecule is BC(O)(O)n1ncc2c1-c1ccnc(c1)C(n1cnc(-c3cc(Cl)cc4cnn(C)c34)cc1=O)CCCC(C)C(=O)N2. The van der Waals surface area contributed by atoms with Crippen LogP contribution in [0, 0.1) is 5.92 Å². The van der Waals surface area contributed by atoms with Crippen molar-refractivity contribution in [3.8, 4) is 22.5 Å². The zero-order valence-electron chi connectivity index (χ0n) is 23.2. The molecule has 0 saturated carbocycles. The van der Waals surface area contributed by atoms with Crippen LogP contribution in [0.3, 0.4) is 0 Å². The van der Waals surface area contributed by atoms with Crippen LogP contribution in [0.15, 0.2) is 60.0 Å². The van der Waals surface area contributed by atoms with Crippen molar-refractivity contribution in [1.82, 2.24) is 34.1 Å². The van der Waals surface area contributed by atoms with Gasteiger partial charge in [0.05, 0.1) is 53.0 Å². The standard InChI is InChI=1S/C28H28BClN8O4/c1-15-4-3-5-23(21-9-16(6-7-31-21)26-22(35-27(15)40)13-34-38(26)28(29,41)42)37-14-32-20(11-24(37)39)19-10-18(30)8-17-12-33-36(2)25(17)19/h6-15,23,41-42H,3-5,29H2,1-2H3,(H,35,40). The first kappa shape index (κ1) is 27.8. The normalized spacial score (nSPS) is 17.8. The van der Waals surface area contributed by atoms with Crippen molar-refractivity contribution in [3.05, 3.63) is 76.3 Å². The van der Waals surface area contributed by atoms with Gasteiger partial charge in [-0.05, 0) is 37.1 Å². The van der Waals surface area contributed by atoms with Crippen molar-refractivity contribution >= 4 is 41.9 Å². The van der Waals surface area contributed by atoms with Crippen molar-refractivity contribution in [2.75, 3.05) is 5.32 Å². The molecule has 0 aliphatic carbocycles. The van der Waals surface area contributed by atoms with E-state index < -0.39 is 11.9 Å². The second-order valence-electron chi connectivity index (χ2n) is 10.8. The number of pyridine rings is 1. The van der Waals surface area contributed by atoms with Gasteiger partial charge in [0.25, 0.3) is 5.56 Å². The van der Waals surface area contributed by atoms with Crippen LogP contribution in [0.2, 0.25) is 5.02 Å². The Balaban J connectivity index is 1.48. The highest BCUT2D eigenvalue weighted by molar-refractivity contribution is 6.31. The predicted molar refractivity (Wildman–Crippen MR) is 159 cm³/mol. The fraction of sp³-hybridized carbons (Fsp3) is 0.286. The van der Waals surface area contributed by atoms with Crippen LogP contribution in [0.1, 0.15) is 37.9 Å². The molecule has 14 heteroatoms. The monoisotopic (exact) mass is 586 g/mol. The molecule has 0 saturated heterocycles. The number of amides is 1. The fourth-order valence-corrected chi connectivity index (χ4v) is 5.75. The zero-order chi connectivity index (χ0) is 29.8. The summed E-state index contributed by atoms with van der Waals surface area (Å²) in [7, 11) is 3.00. The van der Waals surface area contributed by atoms with Gasteiger partial charge in [0, 0.05) is 46.8 Å². The fourth-order valence-electron chi connectivity index (χ4n) is 5.52. The number of carbonyl (C=O) groups is 1. The van der Waals surface area contributed by atoms with Gasteiger partial charge >= 0.3 is 0 Å². The van der Waals surface area contributed by atoms with Crippen LogP contribution >= 0.6 is 11.6 Å². The quantitative estimate of drug-likeness (QED) is 0.215. The Kier molecular flexibility index (Phi) is 6.96. The molecule has 3 N–H and O–H groups in total. The van der Waals surface area contributed by atoms with Crippen LogP contribution in [0.25, 0.3) is 33.4 Å². The third-order valence-corrected chi connectivity index (χ3v) is 7.85. The Labute approximate surface area is 246 Å². The molecule has 1 amide bonds. The first-order chi connectivity index (χ1) is 20.0. The summed E-state index contributed by atoms with van der Waals surface area (Å²) in [6.07, 6.45) is 7.91. The van der Waals surface area contributed by atoms with Gasteiger partial charge in [-0.1, -0.05) is 24.9 Å². The summed E-state index contributed by atoms with van der Waals surface area (Å²) < 4.78 is 4.29. The molecular formula is C28H28BClN8O4.